The first-order chi connectivity index (χ1) is 14.8. The quantitative estimate of drug-likeness (QED) is 0.497. The molecule has 10 heteroatoms. The van der Waals surface area contributed by atoms with Crippen molar-refractivity contribution in [2.45, 2.75) is 6.92 Å². The van der Waals surface area contributed by atoms with Crippen LogP contribution < -0.4 is 19.7 Å². The van der Waals surface area contributed by atoms with E-state index >= 15 is 0 Å². The van der Waals surface area contributed by atoms with Crippen LogP contribution in [0.3, 0.4) is 0 Å². The number of carboxylic acid groups (broad SMARTS) is 1. The number of halogens is 1. The number of benzene rings is 2. The fourth-order valence-electron chi connectivity index (χ4n) is 2.79. The molecule has 0 unspecified atom stereocenters. The second-order valence-electron chi connectivity index (χ2n) is 6.26. The van der Waals surface area contributed by atoms with Crippen LogP contribution in [0.4, 0.5) is 10.5 Å². The van der Waals surface area contributed by atoms with Gasteiger partial charge in [-0.1, -0.05) is 17.7 Å². The van der Waals surface area contributed by atoms with E-state index in [0.717, 1.165) is 4.90 Å². The summed E-state index contributed by atoms with van der Waals surface area (Å²) in [4.78, 5) is 49.0. The van der Waals surface area contributed by atoms with Crippen LogP contribution in [-0.2, 0) is 14.4 Å². The van der Waals surface area contributed by atoms with Gasteiger partial charge >= 0.3 is 12.0 Å². The Morgan fingerprint density at radius 1 is 1.10 bits per heavy atom. The van der Waals surface area contributed by atoms with E-state index in [1.807, 2.05) is 0 Å². The van der Waals surface area contributed by atoms with Crippen LogP contribution in [0.25, 0.3) is 6.08 Å². The Hall–Kier alpha value is -3.85. The van der Waals surface area contributed by atoms with Crippen molar-refractivity contribution >= 4 is 47.2 Å². The molecule has 2 aromatic rings. The number of hydrogen-bond donors (Lipinski definition) is 2. The van der Waals surface area contributed by atoms with Crippen LogP contribution in [0.15, 0.2) is 48.0 Å². The molecule has 160 valence electrons. The molecule has 0 bridgehead atoms. The number of rotatable bonds is 7. The number of anilines is 1. The zero-order chi connectivity index (χ0) is 22.5. The molecule has 9 nitrogen and oxygen atoms in total. The van der Waals surface area contributed by atoms with Crippen molar-refractivity contribution in [2.24, 2.45) is 0 Å². The lowest BCUT2D eigenvalue weighted by Gasteiger charge is -2.26. The Morgan fingerprint density at radius 3 is 2.45 bits per heavy atom. The Morgan fingerprint density at radius 2 is 1.81 bits per heavy atom. The number of carbonyl (C=O) groups is 4. The van der Waals surface area contributed by atoms with E-state index in [9.17, 15) is 19.2 Å². The summed E-state index contributed by atoms with van der Waals surface area (Å²) >= 11 is 5.85. The van der Waals surface area contributed by atoms with Crippen molar-refractivity contribution in [3.8, 4) is 11.5 Å². The zero-order valence-electron chi connectivity index (χ0n) is 16.3. The Kier molecular flexibility index (Phi) is 6.56. The standard InChI is InChI=1S/C21H17ClN2O7/c1-2-30-17-10-12(3-8-16(17)31-11-18(25)26)9-15-19(27)23-21(29)24(20(15)28)14-6-4-13(22)5-7-14/h3-10H,2,11H2,1H3,(H,25,26)(H,23,27,29)/b15-9-. The first-order valence-electron chi connectivity index (χ1n) is 9.08. The van der Waals surface area contributed by atoms with E-state index in [2.05, 4.69) is 5.32 Å². The highest BCUT2D eigenvalue weighted by molar-refractivity contribution is 6.39. The molecule has 4 amide bonds. The maximum Gasteiger partial charge on any atom is 0.341 e. The van der Waals surface area contributed by atoms with Crippen LogP contribution in [0, 0.1) is 0 Å². The van der Waals surface area contributed by atoms with E-state index in [1.165, 1.54) is 48.5 Å². The third-order valence-corrected chi connectivity index (χ3v) is 4.37. The van der Waals surface area contributed by atoms with Crippen molar-refractivity contribution in [3.05, 3.63) is 58.6 Å². The molecule has 1 aliphatic heterocycles. The highest BCUT2D eigenvalue weighted by Crippen LogP contribution is 2.30. The van der Waals surface area contributed by atoms with Crippen LogP contribution in [-0.4, -0.2) is 42.1 Å². The third-order valence-electron chi connectivity index (χ3n) is 4.12. The van der Waals surface area contributed by atoms with Crippen LogP contribution in [0.1, 0.15) is 12.5 Å². The van der Waals surface area contributed by atoms with E-state index < -0.39 is 30.4 Å². The highest BCUT2D eigenvalue weighted by atomic mass is 35.5. The lowest BCUT2D eigenvalue weighted by atomic mass is 10.1. The Bertz CT molecular complexity index is 1080. The number of barbiturate groups is 1. The first kappa shape index (κ1) is 21.8. The van der Waals surface area contributed by atoms with Crippen molar-refractivity contribution in [1.29, 1.82) is 0 Å². The van der Waals surface area contributed by atoms with E-state index in [0.29, 0.717) is 10.6 Å². The summed E-state index contributed by atoms with van der Waals surface area (Å²) in [5, 5.41) is 11.3. The number of amides is 4. The zero-order valence-corrected chi connectivity index (χ0v) is 17.0. The summed E-state index contributed by atoms with van der Waals surface area (Å²) in [5.74, 6) is -2.36. The van der Waals surface area contributed by atoms with E-state index in [1.54, 1.807) is 6.92 Å². The molecule has 1 saturated heterocycles. The van der Waals surface area contributed by atoms with Crippen molar-refractivity contribution in [2.75, 3.05) is 18.1 Å². The van der Waals surface area contributed by atoms with Crippen LogP contribution in [0.5, 0.6) is 11.5 Å². The van der Waals surface area contributed by atoms with Gasteiger partial charge in [0, 0.05) is 5.02 Å². The summed E-state index contributed by atoms with van der Waals surface area (Å²) in [6.45, 7) is 1.46. The lowest BCUT2D eigenvalue weighted by molar-refractivity contribution is -0.139. The fourth-order valence-corrected chi connectivity index (χ4v) is 2.92. The molecule has 0 spiro atoms. The first-order valence-corrected chi connectivity index (χ1v) is 9.46. The molecule has 1 aliphatic rings. The normalized spacial score (nSPS) is 15.1. The highest BCUT2D eigenvalue weighted by Gasteiger charge is 2.36. The van der Waals surface area contributed by atoms with Gasteiger partial charge in [-0.2, -0.15) is 0 Å². The van der Waals surface area contributed by atoms with E-state index in [-0.39, 0.29) is 29.4 Å². The predicted molar refractivity (Wildman–Crippen MR) is 111 cm³/mol. The Labute approximate surface area is 181 Å². The number of carbonyl (C=O) groups excluding carboxylic acids is 3. The number of nitrogens with zero attached hydrogens (tertiary/aromatic N) is 1. The van der Waals surface area contributed by atoms with Gasteiger partial charge in [0.15, 0.2) is 18.1 Å². The van der Waals surface area contributed by atoms with Gasteiger partial charge in [-0.05, 0) is 55.0 Å². The molecular weight excluding hydrogens is 428 g/mol. The number of ether oxygens (including phenoxy) is 2. The number of hydrogen-bond acceptors (Lipinski definition) is 6. The predicted octanol–water partition coefficient (Wildman–Crippen LogP) is 2.87. The SMILES string of the molecule is CCOc1cc(/C=C2/C(=O)NC(=O)N(c3ccc(Cl)cc3)C2=O)ccc1OCC(=O)O. The summed E-state index contributed by atoms with van der Waals surface area (Å²) in [6.07, 6.45) is 1.30. The smallest absolute Gasteiger partial charge is 0.341 e. The van der Waals surface area contributed by atoms with Gasteiger partial charge < -0.3 is 14.6 Å². The molecule has 1 heterocycles. The molecule has 1 fully saturated rings. The molecular formula is C21H17ClN2O7. The second kappa shape index (κ2) is 9.31. The summed E-state index contributed by atoms with van der Waals surface area (Å²) < 4.78 is 10.6. The summed E-state index contributed by atoms with van der Waals surface area (Å²) in [6, 6.07) is 9.61. The van der Waals surface area contributed by atoms with Crippen LogP contribution >= 0.6 is 11.6 Å². The largest absolute Gasteiger partial charge is 0.490 e. The van der Waals surface area contributed by atoms with Gasteiger partial charge in [-0.15, -0.1) is 0 Å². The number of imide groups is 2. The van der Waals surface area contributed by atoms with Crippen LogP contribution in [0.2, 0.25) is 5.02 Å². The lowest BCUT2D eigenvalue weighted by Crippen LogP contribution is -2.54. The molecule has 0 saturated carbocycles. The van der Waals surface area contributed by atoms with Gasteiger partial charge in [0.05, 0.1) is 12.3 Å². The Balaban J connectivity index is 1.95. The average Bonchev–Trinajstić information content (AvgIpc) is 2.72. The van der Waals surface area contributed by atoms with E-state index in [4.69, 9.17) is 26.2 Å². The molecule has 3 rings (SSSR count). The number of urea groups is 1. The molecule has 31 heavy (non-hydrogen) atoms. The molecule has 2 aromatic carbocycles. The van der Waals surface area contributed by atoms with Crippen molar-refractivity contribution in [1.82, 2.24) is 5.32 Å². The van der Waals surface area contributed by atoms with Crippen molar-refractivity contribution < 1.29 is 33.8 Å². The molecule has 0 aliphatic carbocycles. The molecule has 2 N–H and O–H groups in total. The van der Waals surface area contributed by atoms with Gasteiger partial charge in [-0.3, -0.25) is 14.9 Å². The maximum atomic E-state index is 12.9. The van der Waals surface area contributed by atoms with Gasteiger partial charge in [-0.25, -0.2) is 14.5 Å². The van der Waals surface area contributed by atoms with Crippen molar-refractivity contribution in [3.63, 3.8) is 0 Å². The number of aliphatic carboxylic acids is 1. The maximum absolute atomic E-state index is 12.9. The van der Waals surface area contributed by atoms with Gasteiger partial charge in [0.25, 0.3) is 11.8 Å². The summed E-state index contributed by atoms with van der Waals surface area (Å²) in [7, 11) is 0. The fraction of sp³-hybridized carbons (Fsp3) is 0.143. The topological polar surface area (TPSA) is 122 Å². The number of carboxylic acids is 1. The minimum atomic E-state index is -1.15. The van der Waals surface area contributed by atoms with Gasteiger partial charge in [0.1, 0.15) is 5.57 Å². The molecule has 0 radical (unpaired) electrons. The molecule has 0 atom stereocenters. The number of nitrogens with one attached hydrogen (secondary N) is 1. The average molecular weight is 445 g/mol. The van der Waals surface area contributed by atoms with Gasteiger partial charge in [0.2, 0.25) is 0 Å². The second-order valence-corrected chi connectivity index (χ2v) is 6.69. The minimum absolute atomic E-state index is 0.198. The minimum Gasteiger partial charge on any atom is -0.490 e. The molecule has 0 aromatic heterocycles. The monoisotopic (exact) mass is 444 g/mol. The third kappa shape index (κ3) is 5.01. The summed E-state index contributed by atoms with van der Waals surface area (Å²) in [5.41, 5.74) is 0.393.